The zero-order valence-electron chi connectivity index (χ0n) is 16.1. The first-order valence-electron chi connectivity index (χ1n) is 10.0. The second-order valence-electron chi connectivity index (χ2n) is 7.25. The minimum Gasteiger partial charge on any atom is -0.499 e. The Morgan fingerprint density at radius 3 is 1.85 bits per heavy atom. The maximum Gasteiger partial charge on any atom is 0.0980 e. The van der Waals surface area contributed by atoms with Crippen LogP contribution in [0.25, 0.3) is 0 Å². The van der Waals surface area contributed by atoms with Crippen molar-refractivity contribution >= 4 is 0 Å². The minimum atomic E-state index is 0.329. The summed E-state index contributed by atoms with van der Waals surface area (Å²) >= 11 is 0. The molecule has 0 heterocycles. The highest BCUT2D eigenvalue weighted by molar-refractivity contribution is 5.17. The van der Waals surface area contributed by atoms with Crippen LogP contribution in [0.4, 0.5) is 0 Å². The standard InChI is InChI=1S/C24H31NO2/c1-2-26-23-13-15-24(16-14-23)27-18-17-25(19-21-9-5-3-6-10-21)20-22-11-7-4-8-12-22/h2-12,23-24H,1,13-20H2. The first-order chi connectivity index (χ1) is 13.3. The van der Waals surface area contributed by atoms with Gasteiger partial charge < -0.3 is 9.47 Å². The van der Waals surface area contributed by atoms with Crippen LogP contribution in [0.5, 0.6) is 0 Å². The lowest BCUT2D eigenvalue weighted by Gasteiger charge is -2.29. The molecule has 3 nitrogen and oxygen atoms in total. The Kier molecular flexibility index (Phi) is 7.94. The molecule has 144 valence electrons. The molecule has 0 aliphatic heterocycles. The molecule has 0 spiro atoms. The summed E-state index contributed by atoms with van der Waals surface area (Å²) in [7, 11) is 0. The van der Waals surface area contributed by atoms with Gasteiger partial charge in [-0.2, -0.15) is 0 Å². The van der Waals surface area contributed by atoms with E-state index >= 15 is 0 Å². The molecular formula is C24H31NO2. The molecule has 27 heavy (non-hydrogen) atoms. The topological polar surface area (TPSA) is 21.7 Å². The Balaban J connectivity index is 1.48. The molecule has 0 atom stereocenters. The van der Waals surface area contributed by atoms with Gasteiger partial charge in [0.05, 0.1) is 25.1 Å². The molecule has 3 heteroatoms. The Bertz CT molecular complexity index is 609. The molecule has 0 bridgehead atoms. The van der Waals surface area contributed by atoms with Gasteiger partial charge in [0.25, 0.3) is 0 Å². The predicted octanol–water partition coefficient (Wildman–Crippen LogP) is 5.18. The highest BCUT2D eigenvalue weighted by Gasteiger charge is 2.22. The fraction of sp³-hybridized carbons (Fsp3) is 0.417. The van der Waals surface area contributed by atoms with Gasteiger partial charge >= 0.3 is 0 Å². The van der Waals surface area contributed by atoms with E-state index in [1.54, 1.807) is 6.26 Å². The molecule has 2 aromatic carbocycles. The zero-order valence-corrected chi connectivity index (χ0v) is 16.1. The lowest BCUT2D eigenvalue weighted by atomic mass is 9.95. The van der Waals surface area contributed by atoms with Crippen molar-refractivity contribution in [3.8, 4) is 0 Å². The van der Waals surface area contributed by atoms with Crippen LogP contribution >= 0.6 is 0 Å². The average Bonchev–Trinajstić information content (AvgIpc) is 2.71. The summed E-state index contributed by atoms with van der Waals surface area (Å²) in [6.07, 6.45) is 6.55. The molecule has 0 saturated heterocycles. The third-order valence-electron chi connectivity index (χ3n) is 5.17. The molecule has 0 unspecified atom stereocenters. The van der Waals surface area contributed by atoms with E-state index in [2.05, 4.69) is 72.1 Å². The van der Waals surface area contributed by atoms with Gasteiger partial charge in [-0.25, -0.2) is 0 Å². The first-order valence-corrected chi connectivity index (χ1v) is 10.0. The van der Waals surface area contributed by atoms with Crippen LogP contribution in [-0.2, 0) is 22.6 Å². The molecule has 0 amide bonds. The number of nitrogens with zero attached hydrogens (tertiary/aromatic N) is 1. The van der Waals surface area contributed by atoms with Crippen LogP contribution in [0.2, 0.25) is 0 Å². The van der Waals surface area contributed by atoms with Crippen LogP contribution in [0.15, 0.2) is 73.5 Å². The normalized spacial score (nSPS) is 19.7. The predicted molar refractivity (Wildman–Crippen MR) is 110 cm³/mol. The molecule has 1 saturated carbocycles. The quantitative estimate of drug-likeness (QED) is 0.542. The zero-order chi connectivity index (χ0) is 18.7. The van der Waals surface area contributed by atoms with Crippen LogP contribution in [0.1, 0.15) is 36.8 Å². The van der Waals surface area contributed by atoms with Crippen molar-refractivity contribution in [2.45, 2.75) is 51.0 Å². The van der Waals surface area contributed by atoms with Crippen molar-refractivity contribution in [1.29, 1.82) is 0 Å². The van der Waals surface area contributed by atoms with Gasteiger partial charge in [-0.3, -0.25) is 4.90 Å². The SMILES string of the molecule is C=COC1CCC(OCCN(Cc2ccccc2)Cc2ccccc2)CC1. The molecule has 3 rings (SSSR count). The number of ether oxygens (including phenoxy) is 2. The molecule has 0 radical (unpaired) electrons. The van der Waals surface area contributed by atoms with Crippen molar-refractivity contribution in [1.82, 2.24) is 4.90 Å². The summed E-state index contributed by atoms with van der Waals surface area (Å²) in [6, 6.07) is 21.3. The van der Waals surface area contributed by atoms with Crippen molar-refractivity contribution in [3.63, 3.8) is 0 Å². The van der Waals surface area contributed by atoms with E-state index in [0.29, 0.717) is 12.2 Å². The molecule has 2 aromatic rings. The van der Waals surface area contributed by atoms with Gasteiger partial charge in [-0.1, -0.05) is 67.2 Å². The summed E-state index contributed by atoms with van der Waals surface area (Å²) in [6.45, 7) is 7.25. The number of benzene rings is 2. The second kappa shape index (κ2) is 10.9. The number of hydrogen-bond donors (Lipinski definition) is 0. The van der Waals surface area contributed by atoms with Gasteiger partial charge in [0.15, 0.2) is 0 Å². The minimum absolute atomic E-state index is 0.329. The van der Waals surface area contributed by atoms with Crippen molar-refractivity contribution in [2.75, 3.05) is 13.2 Å². The summed E-state index contributed by atoms with van der Waals surface area (Å²) in [5, 5.41) is 0. The second-order valence-corrected chi connectivity index (χ2v) is 7.25. The molecular weight excluding hydrogens is 334 g/mol. The Morgan fingerprint density at radius 1 is 0.815 bits per heavy atom. The smallest absolute Gasteiger partial charge is 0.0980 e. The maximum absolute atomic E-state index is 6.19. The lowest BCUT2D eigenvalue weighted by molar-refractivity contribution is -0.0150. The maximum atomic E-state index is 6.19. The third-order valence-corrected chi connectivity index (χ3v) is 5.17. The molecule has 1 aliphatic carbocycles. The molecule has 1 aliphatic rings. The van der Waals surface area contributed by atoms with Crippen LogP contribution in [-0.4, -0.2) is 30.3 Å². The van der Waals surface area contributed by atoms with E-state index in [9.17, 15) is 0 Å². The summed E-state index contributed by atoms with van der Waals surface area (Å²) in [5.74, 6) is 0. The first kappa shape index (κ1) is 19.7. The van der Waals surface area contributed by atoms with E-state index < -0.39 is 0 Å². The van der Waals surface area contributed by atoms with Gasteiger partial charge in [-0.15, -0.1) is 0 Å². The van der Waals surface area contributed by atoms with E-state index in [1.165, 1.54) is 11.1 Å². The van der Waals surface area contributed by atoms with E-state index in [4.69, 9.17) is 9.47 Å². The largest absolute Gasteiger partial charge is 0.499 e. The lowest BCUT2D eigenvalue weighted by Crippen LogP contribution is -2.30. The van der Waals surface area contributed by atoms with E-state index in [0.717, 1.165) is 51.9 Å². The van der Waals surface area contributed by atoms with Crippen LogP contribution in [0, 0.1) is 0 Å². The number of hydrogen-bond acceptors (Lipinski definition) is 3. The van der Waals surface area contributed by atoms with Crippen molar-refractivity contribution < 1.29 is 9.47 Å². The highest BCUT2D eigenvalue weighted by atomic mass is 16.5. The van der Waals surface area contributed by atoms with Gasteiger partial charge in [0.2, 0.25) is 0 Å². The van der Waals surface area contributed by atoms with E-state index in [1.807, 2.05) is 0 Å². The Labute approximate surface area is 163 Å². The highest BCUT2D eigenvalue weighted by Crippen LogP contribution is 2.23. The third kappa shape index (κ3) is 6.85. The van der Waals surface area contributed by atoms with E-state index in [-0.39, 0.29) is 0 Å². The van der Waals surface area contributed by atoms with Crippen LogP contribution < -0.4 is 0 Å². The Hall–Kier alpha value is -2.10. The van der Waals surface area contributed by atoms with Crippen molar-refractivity contribution in [2.24, 2.45) is 0 Å². The summed E-state index contributed by atoms with van der Waals surface area (Å²) in [4.78, 5) is 2.47. The molecule has 1 fully saturated rings. The van der Waals surface area contributed by atoms with Gasteiger partial charge in [0.1, 0.15) is 0 Å². The Morgan fingerprint density at radius 2 is 1.33 bits per heavy atom. The molecule has 0 N–H and O–H groups in total. The molecule has 0 aromatic heterocycles. The van der Waals surface area contributed by atoms with Gasteiger partial charge in [-0.05, 0) is 36.8 Å². The van der Waals surface area contributed by atoms with Crippen molar-refractivity contribution in [3.05, 3.63) is 84.6 Å². The fourth-order valence-electron chi connectivity index (χ4n) is 3.72. The van der Waals surface area contributed by atoms with Crippen LogP contribution in [0.3, 0.4) is 0 Å². The summed E-state index contributed by atoms with van der Waals surface area (Å²) in [5.41, 5.74) is 2.69. The average molecular weight is 366 g/mol. The monoisotopic (exact) mass is 365 g/mol. The number of rotatable bonds is 10. The summed E-state index contributed by atoms with van der Waals surface area (Å²) < 4.78 is 11.7. The fourth-order valence-corrected chi connectivity index (χ4v) is 3.72. The van der Waals surface area contributed by atoms with Gasteiger partial charge in [0, 0.05) is 19.6 Å².